The minimum Gasteiger partial charge on any atom is -0.467 e. The number of carbonyl (C=O) groups excluding carboxylic acids is 2. The van der Waals surface area contributed by atoms with Crippen LogP contribution in [0, 0.1) is 5.92 Å². The second kappa shape index (κ2) is 11.7. The van der Waals surface area contributed by atoms with Crippen molar-refractivity contribution in [1.29, 1.82) is 0 Å². The smallest absolute Gasteiger partial charge is 0.322 e. The van der Waals surface area contributed by atoms with Crippen LogP contribution >= 0.6 is 0 Å². The molecule has 1 heterocycles. The van der Waals surface area contributed by atoms with E-state index in [0.717, 1.165) is 17.7 Å². The molecular weight excluding hydrogens is 402 g/mol. The van der Waals surface area contributed by atoms with Crippen molar-refractivity contribution in [2.75, 3.05) is 25.0 Å². The van der Waals surface area contributed by atoms with E-state index < -0.39 is 0 Å². The maximum absolute atomic E-state index is 13.3. The monoisotopic (exact) mass is 433 g/mol. The molecule has 0 bridgehead atoms. The third-order valence-electron chi connectivity index (χ3n) is 5.02. The first-order chi connectivity index (χ1) is 15.5. The first-order valence-electron chi connectivity index (χ1n) is 11.0. The summed E-state index contributed by atoms with van der Waals surface area (Å²) < 4.78 is 5.48. The van der Waals surface area contributed by atoms with E-state index in [-0.39, 0.29) is 24.4 Å². The summed E-state index contributed by atoms with van der Waals surface area (Å²) in [6.45, 7) is 5.46. The van der Waals surface area contributed by atoms with Gasteiger partial charge in [-0.1, -0.05) is 62.4 Å². The van der Waals surface area contributed by atoms with Crippen molar-refractivity contribution in [3.63, 3.8) is 0 Å². The molecule has 32 heavy (non-hydrogen) atoms. The lowest BCUT2D eigenvalue weighted by Gasteiger charge is -2.28. The fourth-order valence-electron chi connectivity index (χ4n) is 3.44. The van der Waals surface area contributed by atoms with Gasteiger partial charge < -0.3 is 19.5 Å². The van der Waals surface area contributed by atoms with E-state index in [1.54, 1.807) is 16.1 Å². The summed E-state index contributed by atoms with van der Waals surface area (Å²) >= 11 is 0. The predicted molar refractivity (Wildman–Crippen MR) is 126 cm³/mol. The van der Waals surface area contributed by atoms with Crippen LogP contribution in [0.5, 0.6) is 0 Å². The standard InChI is InChI=1S/C26H31N3O3/c1-21(2)18-29(26(31)27-23-12-7-4-8-13-23)20-25(30)28(19-24-14-9-17-32-24)16-15-22-10-5-3-6-11-22/h3-14,17,21H,15-16,18-20H2,1-2H3,(H,27,31). The molecule has 0 radical (unpaired) electrons. The highest BCUT2D eigenvalue weighted by molar-refractivity contribution is 5.92. The van der Waals surface area contributed by atoms with E-state index >= 15 is 0 Å². The summed E-state index contributed by atoms with van der Waals surface area (Å²) in [6, 6.07) is 22.7. The first kappa shape index (κ1) is 23.1. The molecular formula is C26H31N3O3. The molecule has 3 amide bonds. The van der Waals surface area contributed by atoms with Gasteiger partial charge in [-0.15, -0.1) is 0 Å². The average Bonchev–Trinajstić information content (AvgIpc) is 3.30. The van der Waals surface area contributed by atoms with Gasteiger partial charge in [0.2, 0.25) is 5.91 Å². The Bertz CT molecular complexity index is 957. The first-order valence-corrected chi connectivity index (χ1v) is 11.0. The minimum absolute atomic E-state index is 0.00629. The Morgan fingerprint density at radius 3 is 2.22 bits per heavy atom. The van der Waals surface area contributed by atoms with E-state index in [9.17, 15) is 9.59 Å². The fourth-order valence-corrected chi connectivity index (χ4v) is 3.44. The van der Waals surface area contributed by atoms with Crippen LogP contribution in [0.15, 0.2) is 83.5 Å². The highest BCUT2D eigenvalue weighted by atomic mass is 16.3. The topological polar surface area (TPSA) is 65.8 Å². The third kappa shape index (κ3) is 7.30. The van der Waals surface area contributed by atoms with Crippen molar-refractivity contribution in [2.24, 2.45) is 5.92 Å². The normalized spacial score (nSPS) is 10.7. The van der Waals surface area contributed by atoms with Gasteiger partial charge in [-0.05, 0) is 42.2 Å². The molecule has 0 atom stereocenters. The Balaban J connectivity index is 1.70. The summed E-state index contributed by atoms with van der Waals surface area (Å²) in [7, 11) is 0. The van der Waals surface area contributed by atoms with E-state index in [0.29, 0.717) is 25.3 Å². The molecule has 2 aromatic carbocycles. The van der Waals surface area contributed by atoms with Gasteiger partial charge in [-0.25, -0.2) is 4.79 Å². The summed E-state index contributed by atoms with van der Waals surface area (Å²) in [5, 5.41) is 2.89. The molecule has 0 saturated carbocycles. The van der Waals surface area contributed by atoms with E-state index in [1.165, 1.54) is 0 Å². The fraction of sp³-hybridized carbons (Fsp3) is 0.308. The number of nitrogens with zero attached hydrogens (tertiary/aromatic N) is 2. The van der Waals surface area contributed by atoms with Crippen LogP contribution in [0.25, 0.3) is 0 Å². The number of urea groups is 1. The molecule has 0 aliphatic carbocycles. The summed E-state index contributed by atoms with van der Waals surface area (Å²) in [4.78, 5) is 29.6. The maximum Gasteiger partial charge on any atom is 0.322 e. The minimum atomic E-state index is -0.278. The van der Waals surface area contributed by atoms with Crippen molar-refractivity contribution < 1.29 is 14.0 Å². The van der Waals surface area contributed by atoms with Gasteiger partial charge in [0, 0.05) is 18.8 Å². The van der Waals surface area contributed by atoms with Crippen molar-refractivity contribution in [1.82, 2.24) is 9.80 Å². The summed E-state index contributed by atoms with van der Waals surface area (Å²) in [5.74, 6) is 0.837. The number of amides is 3. The molecule has 6 nitrogen and oxygen atoms in total. The van der Waals surface area contributed by atoms with Gasteiger partial charge >= 0.3 is 6.03 Å². The van der Waals surface area contributed by atoms with Gasteiger partial charge in [0.05, 0.1) is 12.8 Å². The number of hydrogen-bond acceptors (Lipinski definition) is 3. The average molecular weight is 434 g/mol. The predicted octanol–water partition coefficient (Wildman–Crippen LogP) is 5.04. The van der Waals surface area contributed by atoms with Gasteiger partial charge in [0.25, 0.3) is 0 Å². The lowest BCUT2D eigenvalue weighted by Crippen LogP contribution is -2.46. The Kier molecular flexibility index (Phi) is 8.49. The molecule has 1 aromatic heterocycles. The molecule has 0 unspecified atom stereocenters. The number of anilines is 1. The third-order valence-corrected chi connectivity index (χ3v) is 5.02. The number of rotatable bonds is 10. The largest absolute Gasteiger partial charge is 0.467 e. The van der Waals surface area contributed by atoms with Crippen molar-refractivity contribution >= 4 is 17.6 Å². The lowest BCUT2D eigenvalue weighted by atomic mass is 10.1. The van der Waals surface area contributed by atoms with Crippen LogP contribution in [0.1, 0.15) is 25.2 Å². The van der Waals surface area contributed by atoms with Crippen LogP contribution in [-0.2, 0) is 17.8 Å². The van der Waals surface area contributed by atoms with E-state index in [4.69, 9.17) is 4.42 Å². The Morgan fingerprint density at radius 2 is 1.59 bits per heavy atom. The van der Waals surface area contributed by atoms with Crippen LogP contribution in [-0.4, -0.2) is 41.4 Å². The Hall–Kier alpha value is -3.54. The lowest BCUT2D eigenvalue weighted by molar-refractivity contribution is -0.132. The Labute approximate surface area is 189 Å². The van der Waals surface area contributed by atoms with Crippen molar-refractivity contribution in [2.45, 2.75) is 26.8 Å². The van der Waals surface area contributed by atoms with Crippen LogP contribution in [0.4, 0.5) is 10.5 Å². The molecule has 3 rings (SSSR count). The van der Waals surface area contributed by atoms with Crippen LogP contribution in [0.2, 0.25) is 0 Å². The molecule has 0 fully saturated rings. The van der Waals surface area contributed by atoms with Crippen molar-refractivity contribution in [3.05, 3.63) is 90.4 Å². The summed E-state index contributed by atoms with van der Waals surface area (Å²) in [5.41, 5.74) is 1.86. The molecule has 0 aliphatic rings. The highest BCUT2D eigenvalue weighted by Crippen LogP contribution is 2.12. The quantitative estimate of drug-likeness (QED) is 0.487. The molecule has 0 saturated heterocycles. The number of furan rings is 1. The number of benzene rings is 2. The molecule has 168 valence electrons. The van der Waals surface area contributed by atoms with E-state index in [1.807, 2.05) is 86.6 Å². The number of para-hydroxylation sites is 1. The Morgan fingerprint density at radius 1 is 0.906 bits per heavy atom. The molecule has 1 N–H and O–H groups in total. The molecule has 0 aliphatic heterocycles. The van der Waals surface area contributed by atoms with Crippen molar-refractivity contribution in [3.8, 4) is 0 Å². The zero-order valence-corrected chi connectivity index (χ0v) is 18.7. The highest BCUT2D eigenvalue weighted by Gasteiger charge is 2.23. The maximum atomic E-state index is 13.3. The second-order valence-electron chi connectivity index (χ2n) is 8.20. The number of nitrogens with one attached hydrogen (secondary N) is 1. The number of carbonyl (C=O) groups is 2. The zero-order chi connectivity index (χ0) is 22.8. The zero-order valence-electron chi connectivity index (χ0n) is 18.7. The molecule has 3 aromatic rings. The second-order valence-corrected chi connectivity index (χ2v) is 8.20. The SMILES string of the molecule is CC(C)CN(CC(=O)N(CCc1ccccc1)Cc1ccco1)C(=O)Nc1ccccc1. The molecule has 0 spiro atoms. The van der Waals surface area contributed by atoms with Crippen LogP contribution < -0.4 is 5.32 Å². The van der Waals surface area contributed by atoms with Gasteiger partial charge in [-0.3, -0.25) is 4.79 Å². The molecule has 6 heteroatoms. The number of hydrogen-bond donors (Lipinski definition) is 1. The summed E-state index contributed by atoms with van der Waals surface area (Å²) in [6.07, 6.45) is 2.33. The van der Waals surface area contributed by atoms with Crippen LogP contribution in [0.3, 0.4) is 0 Å². The van der Waals surface area contributed by atoms with E-state index in [2.05, 4.69) is 5.32 Å². The van der Waals surface area contributed by atoms with Gasteiger partial charge in [-0.2, -0.15) is 0 Å². The van der Waals surface area contributed by atoms with Gasteiger partial charge in [0.15, 0.2) is 0 Å². The van der Waals surface area contributed by atoms with Gasteiger partial charge in [0.1, 0.15) is 12.3 Å².